The molecule has 0 aromatic heterocycles. The molecule has 0 spiro atoms. The molecular formula is C26H28N2O6S. The molecule has 3 rings (SSSR count). The minimum atomic E-state index is -3.77. The third kappa shape index (κ3) is 6.13. The molecule has 1 amide bonds. The third-order valence-electron chi connectivity index (χ3n) is 5.21. The van der Waals surface area contributed by atoms with E-state index in [1.165, 1.54) is 51.7 Å². The summed E-state index contributed by atoms with van der Waals surface area (Å²) in [4.78, 5) is 12.5. The van der Waals surface area contributed by atoms with Gasteiger partial charge in [0.25, 0.3) is 10.0 Å². The molecule has 0 aliphatic heterocycles. The van der Waals surface area contributed by atoms with Crippen molar-refractivity contribution >= 4 is 33.4 Å². The van der Waals surface area contributed by atoms with E-state index in [4.69, 9.17) is 14.2 Å². The van der Waals surface area contributed by atoms with Crippen molar-refractivity contribution in [3.63, 3.8) is 0 Å². The summed E-state index contributed by atoms with van der Waals surface area (Å²) in [6.07, 6.45) is 2.93. The highest BCUT2D eigenvalue weighted by Crippen LogP contribution is 2.40. The van der Waals surface area contributed by atoms with Gasteiger partial charge in [0, 0.05) is 17.3 Å². The van der Waals surface area contributed by atoms with E-state index in [2.05, 4.69) is 10.0 Å². The van der Waals surface area contributed by atoms with Crippen LogP contribution in [0.2, 0.25) is 0 Å². The zero-order valence-corrected chi connectivity index (χ0v) is 21.0. The minimum Gasteiger partial charge on any atom is -0.493 e. The summed E-state index contributed by atoms with van der Waals surface area (Å²) < 4.78 is 44.1. The fourth-order valence-electron chi connectivity index (χ4n) is 3.45. The number of anilines is 2. The number of hydrogen-bond donors (Lipinski definition) is 2. The first-order valence-corrected chi connectivity index (χ1v) is 12.1. The van der Waals surface area contributed by atoms with Crippen LogP contribution in [0.1, 0.15) is 16.7 Å². The van der Waals surface area contributed by atoms with Gasteiger partial charge < -0.3 is 19.5 Å². The Morgan fingerprint density at radius 2 is 1.54 bits per heavy atom. The van der Waals surface area contributed by atoms with E-state index in [-0.39, 0.29) is 4.90 Å². The highest BCUT2D eigenvalue weighted by molar-refractivity contribution is 7.92. The molecular weight excluding hydrogens is 468 g/mol. The van der Waals surface area contributed by atoms with Crippen LogP contribution >= 0.6 is 0 Å². The van der Waals surface area contributed by atoms with Gasteiger partial charge in [-0.1, -0.05) is 17.7 Å². The Morgan fingerprint density at radius 3 is 2.14 bits per heavy atom. The Kier molecular flexibility index (Phi) is 8.03. The quantitative estimate of drug-likeness (QED) is 0.413. The lowest BCUT2D eigenvalue weighted by atomic mass is 10.1. The van der Waals surface area contributed by atoms with Crippen molar-refractivity contribution in [2.45, 2.75) is 18.7 Å². The van der Waals surface area contributed by atoms with Crippen molar-refractivity contribution in [1.82, 2.24) is 0 Å². The van der Waals surface area contributed by atoms with Gasteiger partial charge in [0.15, 0.2) is 11.5 Å². The van der Waals surface area contributed by atoms with Gasteiger partial charge >= 0.3 is 0 Å². The summed E-state index contributed by atoms with van der Waals surface area (Å²) in [5.41, 5.74) is 3.46. The van der Waals surface area contributed by atoms with E-state index >= 15 is 0 Å². The van der Waals surface area contributed by atoms with Crippen LogP contribution < -0.4 is 24.2 Å². The minimum absolute atomic E-state index is 0.0843. The molecule has 9 heteroatoms. The molecule has 0 aliphatic rings. The van der Waals surface area contributed by atoms with Gasteiger partial charge in [-0.2, -0.15) is 0 Å². The Morgan fingerprint density at radius 1 is 0.857 bits per heavy atom. The largest absolute Gasteiger partial charge is 0.493 e. The summed E-state index contributed by atoms with van der Waals surface area (Å²) in [6.45, 7) is 3.78. The van der Waals surface area contributed by atoms with Gasteiger partial charge in [-0.25, -0.2) is 8.42 Å². The average molecular weight is 497 g/mol. The Bertz CT molecular complexity index is 1350. The van der Waals surface area contributed by atoms with Crippen LogP contribution in [0.3, 0.4) is 0 Å². The maximum Gasteiger partial charge on any atom is 0.261 e. The molecule has 0 saturated heterocycles. The number of ether oxygens (including phenoxy) is 3. The highest BCUT2D eigenvalue weighted by atomic mass is 32.2. The van der Waals surface area contributed by atoms with E-state index in [0.29, 0.717) is 34.2 Å². The summed E-state index contributed by atoms with van der Waals surface area (Å²) in [5, 5.41) is 2.71. The van der Waals surface area contributed by atoms with E-state index in [0.717, 1.165) is 11.1 Å². The maximum absolute atomic E-state index is 12.7. The standard InChI is InChI=1S/C26H28N2O6S/c1-17-6-13-22(18(2)16-17)28-35(30,31)21-11-9-20(10-12-21)27-24(29)15-8-19-7-14-23(32-3)26(34-5)25(19)33-4/h6-16,28H,1-5H3,(H,27,29)/b15-8+. The zero-order valence-electron chi connectivity index (χ0n) is 20.2. The van der Waals surface area contributed by atoms with E-state index in [9.17, 15) is 13.2 Å². The molecule has 0 unspecified atom stereocenters. The lowest BCUT2D eigenvalue weighted by molar-refractivity contribution is -0.111. The van der Waals surface area contributed by atoms with Crippen molar-refractivity contribution in [3.05, 3.63) is 77.4 Å². The summed E-state index contributed by atoms with van der Waals surface area (Å²) in [5.74, 6) is 0.962. The molecule has 0 atom stereocenters. The normalized spacial score (nSPS) is 11.2. The summed E-state index contributed by atoms with van der Waals surface area (Å²) in [7, 11) is 0.752. The van der Waals surface area contributed by atoms with E-state index < -0.39 is 15.9 Å². The van der Waals surface area contributed by atoms with Crippen molar-refractivity contribution in [3.8, 4) is 17.2 Å². The molecule has 0 aliphatic carbocycles. The number of benzene rings is 3. The molecule has 0 bridgehead atoms. The van der Waals surface area contributed by atoms with Gasteiger partial charge in [-0.15, -0.1) is 0 Å². The number of carbonyl (C=O) groups excluding carboxylic acids is 1. The molecule has 0 heterocycles. The van der Waals surface area contributed by atoms with Crippen LogP contribution in [0.4, 0.5) is 11.4 Å². The number of amides is 1. The smallest absolute Gasteiger partial charge is 0.261 e. The molecule has 0 fully saturated rings. The number of aryl methyl sites for hydroxylation is 2. The van der Waals surface area contributed by atoms with Crippen molar-refractivity contribution in [2.75, 3.05) is 31.4 Å². The van der Waals surface area contributed by atoms with Crippen LogP contribution in [-0.2, 0) is 14.8 Å². The van der Waals surface area contributed by atoms with Crippen LogP contribution in [0.5, 0.6) is 17.2 Å². The number of nitrogens with one attached hydrogen (secondary N) is 2. The number of sulfonamides is 1. The van der Waals surface area contributed by atoms with Crippen molar-refractivity contribution in [2.24, 2.45) is 0 Å². The van der Waals surface area contributed by atoms with Gasteiger partial charge in [-0.3, -0.25) is 9.52 Å². The van der Waals surface area contributed by atoms with Crippen LogP contribution in [0.15, 0.2) is 65.6 Å². The Hall–Kier alpha value is -3.98. The first-order chi connectivity index (χ1) is 16.7. The molecule has 3 aromatic rings. The first-order valence-electron chi connectivity index (χ1n) is 10.7. The fourth-order valence-corrected chi connectivity index (χ4v) is 4.59. The van der Waals surface area contributed by atoms with Crippen LogP contribution in [0.25, 0.3) is 6.08 Å². The topological polar surface area (TPSA) is 103 Å². The zero-order chi connectivity index (χ0) is 25.6. The first kappa shape index (κ1) is 25.6. The number of hydrogen-bond acceptors (Lipinski definition) is 6. The van der Waals surface area contributed by atoms with Crippen LogP contribution in [-0.4, -0.2) is 35.7 Å². The highest BCUT2D eigenvalue weighted by Gasteiger charge is 2.16. The van der Waals surface area contributed by atoms with Gasteiger partial charge in [0.05, 0.1) is 31.9 Å². The Balaban J connectivity index is 1.71. The lowest BCUT2D eigenvalue weighted by Gasteiger charge is -2.14. The molecule has 3 aromatic carbocycles. The second kappa shape index (κ2) is 11.0. The van der Waals surface area contributed by atoms with E-state index in [1.807, 2.05) is 26.0 Å². The molecule has 2 N–H and O–H groups in total. The molecule has 8 nitrogen and oxygen atoms in total. The average Bonchev–Trinajstić information content (AvgIpc) is 2.84. The van der Waals surface area contributed by atoms with Gasteiger partial charge in [0.1, 0.15) is 0 Å². The molecule has 35 heavy (non-hydrogen) atoms. The monoisotopic (exact) mass is 496 g/mol. The molecule has 0 radical (unpaired) electrons. The third-order valence-corrected chi connectivity index (χ3v) is 6.59. The van der Waals surface area contributed by atoms with E-state index in [1.54, 1.807) is 24.3 Å². The number of methoxy groups -OCH3 is 3. The fraction of sp³-hybridized carbons (Fsp3) is 0.192. The number of rotatable bonds is 9. The van der Waals surface area contributed by atoms with Gasteiger partial charge in [-0.05, 0) is 68.0 Å². The van der Waals surface area contributed by atoms with Crippen LogP contribution in [0, 0.1) is 13.8 Å². The lowest BCUT2D eigenvalue weighted by Crippen LogP contribution is -2.14. The predicted octanol–water partition coefficient (Wildman–Crippen LogP) is 4.78. The van der Waals surface area contributed by atoms with Gasteiger partial charge in [0.2, 0.25) is 11.7 Å². The second-order valence-corrected chi connectivity index (χ2v) is 9.38. The number of carbonyl (C=O) groups is 1. The summed E-state index contributed by atoms with van der Waals surface area (Å²) >= 11 is 0. The maximum atomic E-state index is 12.7. The van der Waals surface area contributed by atoms with Crippen molar-refractivity contribution < 1.29 is 27.4 Å². The molecule has 184 valence electrons. The summed E-state index contributed by atoms with van der Waals surface area (Å²) in [6, 6.07) is 14.9. The second-order valence-electron chi connectivity index (χ2n) is 7.69. The SMILES string of the molecule is COc1ccc(/C=C/C(=O)Nc2ccc(S(=O)(=O)Nc3ccc(C)cc3C)cc2)c(OC)c1OC. The molecule has 0 saturated carbocycles. The Labute approximate surface area is 205 Å². The van der Waals surface area contributed by atoms with Crippen molar-refractivity contribution in [1.29, 1.82) is 0 Å². The predicted molar refractivity (Wildman–Crippen MR) is 137 cm³/mol.